The number of esters is 1. The molecule has 0 saturated carbocycles. The van der Waals surface area contributed by atoms with Crippen molar-refractivity contribution in [3.8, 4) is 0 Å². The topological polar surface area (TPSA) is 96.7 Å². The molecule has 2 rings (SSSR count). The lowest BCUT2D eigenvalue weighted by Crippen LogP contribution is -2.45. The molecule has 0 unspecified atom stereocenters. The number of ether oxygens (including phenoxy) is 1. The second-order valence-corrected chi connectivity index (χ2v) is 9.91. The number of hydrogen-bond acceptors (Lipinski definition) is 6. The van der Waals surface area contributed by atoms with Gasteiger partial charge in [0.15, 0.2) is 0 Å². The summed E-state index contributed by atoms with van der Waals surface area (Å²) in [5, 5.41) is 21.5. The largest absolute Gasteiger partial charge is 0.458 e. The normalized spacial score (nSPS) is 30.6. The molecule has 1 aromatic heterocycles. The second kappa shape index (κ2) is 12.2. The van der Waals surface area contributed by atoms with Gasteiger partial charge in [0.2, 0.25) is 0 Å². The Labute approximate surface area is 197 Å². The Hall–Kier alpha value is -2.31. The first-order valence-electron chi connectivity index (χ1n) is 11.9. The fourth-order valence-electron chi connectivity index (χ4n) is 4.18. The maximum absolute atomic E-state index is 13.1. The van der Waals surface area contributed by atoms with Crippen LogP contribution in [0, 0.1) is 17.3 Å². The summed E-state index contributed by atoms with van der Waals surface area (Å²) in [6.45, 7) is 8.94. The average Bonchev–Trinajstić information content (AvgIpc) is 2.79. The number of cyclic esters (lactones) is 1. The first-order chi connectivity index (χ1) is 15.5. The van der Waals surface area contributed by atoms with E-state index < -0.39 is 35.6 Å². The number of aliphatic hydroxyl groups excluding tert-OH is 2. The number of ketones is 1. The average molecular weight is 458 g/mol. The Bertz CT molecular complexity index is 845. The smallest absolute Gasteiger partial charge is 0.309 e. The summed E-state index contributed by atoms with van der Waals surface area (Å²) in [6.07, 6.45) is 9.46. The summed E-state index contributed by atoms with van der Waals surface area (Å²) in [5.74, 6) is -1.50. The van der Waals surface area contributed by atoms with Gasteiger partial charge in [0.1, 0.15) is 11.9 Å². The predicted molar refractivity (Wildman–Crippen MR) is 129 cm³/mol. The SMILES string of the molecule is CC1=CC[C@@H](C=Cc2cccnc2)OC(=O)C[C@H](O)C(C)(C)C(=O)[C@H](C)[C@@H](O)[C@@H](C)CCC1. The van der Waals surface area contributed by atoms with Gasteiger partial charge in [0.25, 0.3) is 0 Å². The van der Waals surface area contributed by atoms with Gasteiger partial charge in [0, 0.05) is 24.7 Å². The van der Waals surface area contributed by atoms with Crippen molar-refractivity contribution in [2.75, 3.05) is 0 Å². The molecule has 0 aliphatic carbocycles. The summed E-state index contributed by atoms with van der Waals surface area (Å²) >= 11 is 0. The van der Waals surface area contributed by atoms with Crippen LogP contribution in [0.25, 0.3) is 6.08 Å². The van der Waals surface area contributed by atoms with Gasteiger partial charge in [-0.3, -0.25) is 14.6 Å². The van der Waals surface area contributed by atoms with Gasteiger partial charge in [-0.15, -0.1) is 0 Å². The third-order valence-corrected chi connectivity index (χ3v) is 6.74. The van der Waals surface area contributed by atoms with Crippen molar-refractivity contribution in [3.05, 3.63) is 47.8 Å². The van der Waals surface area contributed by atoms with E-state index in [1.165, 1.54) is 5.57 Å². The van der Waals surface area contributed by atoms with Crippen molar-refractivity contribution in [2.45, 2.75) is 85.0 Å². The molecule has 6 heteroatoms. The summed E-state index contributed by atoms with van der Waals surface area (Å²) < 4.78 is 5.67. The number of pyridine rings is 1. The molecular formula is C27H39NO5. The van der Waals surface area contributed by atoms with Crippen molar-refractivity contribution in [1.29, 1.82) is 0 Å². The van der Waals surface area contributed by atoms with Crippen LogP contribution in [0.3, 0.4) is 0 Å². The maximum atomic E-state index is 13.1. The molecule has 0 bridgehead atoms. The molecule has 1 aromatic rings. The van der Waals surface area contributed by atoms with Crippen LogP contribution in [0.4, 0.5) is 0 Å². The van der Waals surface area contributed by atoms with Crippen molar-refractivity contribution < 1.29 is 24.5 Å². The lowest BCUT2D eigenvalue weighted by molar-refractivity contribution is -0.153. The third-order valence-electron chi connectivity index (χ3n) is 6.74. The van der Waals surface area contributed by atoms with Crippen molar-refractivity contribution in [3.63, 3.8) is 0 Å². The van der Waals surface area contributed by atoms with E-state index in [-0.39, 0.29) is 18.1 Å². The second-order valence-electron chi connectivity index (χ2n) is 9.91. The van der Waals surface area contributed by atoms with Crippen LogP contribution in [-0.2, 0) is 14.3 Å². The van der Waals surface area contributed by atoms with Crippen molar-refractivity contribution in [2.24, 2.45) is 17.3 Å². The number of carbonyl (C=O) groups is 2. The Kier molecular flexibility index (Phi) is 9.99. The predicted octanol–water partition coefficient (Wildman–Crippen LogP) is 4.51. The highest BCUT2D eigenvalue weighted by molar-refractivity contribution is 5.88. The van der Waals surface area contributed by atoms with Crippen LogP contribution in [0.2, 0.25) is 0 Å². The van der Waals surface area contributed by atoms with E-state index in [2.05, 4.69) is 11.1 Å². The van der Waals surface area contributed by atoms with Gasteiger partial charge in [0.05, 0.1) is 24.0 Å². The van der Waals surface area contributed by atoms with Crippen LogP contribution in [0.1, 0.15) is 72.3 Å². The number of Topliss-reactive ketones (excluding diaryl/α,β-unsaturated/α-hetero) is 1. The van der Waals surface area contributed by atoms with Gasteiger partial charge >= 0.3 is 5.97 Å². The zero-order chi connectivity index (χ0) is 24.6. The molecule has 0 radical (unpaired) electrons. The van der Waals surface area contributed by atoms with E-state index in [1.807, 2.05) is 38.1 Å². The van der Waals surface area contributed by atoms with Gasteiger partial charge in [-0.25, -0.2) is 0 Å². The standard InChI is InChI=1S/C27H39NO5/c1-18-8-6-9-19(2)25(31)20(3)26(32)27(4,5)23(29)16-24(30)33-22(13-11-18)14-12-21-10-7-15-28-17-21/h7,10-12,14-15,17,19-20,22-23,25,29,31H,6,8-9,13,16H2,1-5H3/t19-,20+,22-,23-,25-/m0/s1. The minimum absolute atomic E-state index is 0.0438. The van der Waals surface area contributed by atoms with E-state index >= 15 is 0 Å². The van der Waals surface area contributed by atoms with Crippen LogP contribution in [-0.4, -0.2) is 45.3 Å². The lowest BCUT2D eigenvalue weighted by Gasteiger charge is -2.34. The molecule has 182 valence electrons. The van der Waals surface area contributed by atoms with Gasteiger partial charge in [-0.2, -0.15) is 0 Å². The summed E-state index contributed by atoms with van der Waals surface area (Å²) in [5.41, 5.74) is 0.896. The van der Waals surface area contributed by atoms with Crippen LogP contribution >= 0.6 is 0 Å². The zero-order valence-electron chi connectivity index (χ0n) is 20.5. The van der Waals surface area contributed by atoms with E-state index in [0.29, 0.717) is 6.42 Å². The molecule has 2 heterocycles. The highest BCUT2D eigenvalue weighted by Crippen LogP contribution is 2.32. The molecule has 0 aromatic carbocycles. The Balaban J connectivity index is 2.27. The number of carbonyl (C=O) groups excluding carboxylic acids is 2. The summed E-state index contributed by atoms with van der Waals surface area (Å²) in [4.78, 5) is 29.9. The van der Waals surface area contributed by atoms with E-state index in [1.54, 1.807) is 33.2 Å². The molecule has 1 aliphatic rings. The van der Waals surface area contributed by atoms with E-state index in [9.17, 15) is 19.8 Å². The molecule has 2 N–H and O–H groups in total. The van der Waals surface area contributed by atoms with Gasteiger partial charge in [-0.1, -0.05) is 51.5 Å². The number of allylic oxidation sites excluding steroid dienone is 1. The van der Waals surface area contributed by atoms with E-state index in [4.69, 9.17) is 4.74 Å². The molecule has 33 heavy (non-hydrogen) atoms. The Morgan fingerprint density at radius 3 is 2.61 bits per heavy atom. The highest BCUT2D eigenvalue weighted by Gasteiger charge is 2.42. The van der Waals surface area contributed by atoms with E-state index in [0.717, 1.165) is 24.8 Å². The molecule has 0 fully saturated rings. The number of nitrogens with zero attached hydrogens (tertiary/aromatic N) is 1. The molecule has 1 aliphatic heterocycles. The zero-order valence-corrected chi connectivity index (χ0v) is 20.5. The van der Waals surface area contributed by atoms with Crippen LogP contribution < -0.4 is 0 Å². The van der Waals surface area contributed by atoms with Crippen molar-refractivity contribution >= 4 is 17.8 Å². The molecule has 0 saturated heterocycles. The number of hydrogen-bond donors (Lipinski definition) is 2. The Morgan fingerprint density at radius 2 is 1.94 bits per heavy atom. The molecule has 0 amide bonds. The summed E-state index contributed by atoms with van der Waals surface area (Å²) in [6, 6.07) is 3.75. The first kappa shape index (κ1) is 26.9. The fourth-order valence-corrected chi connectivity index (χ4v) is 4.18. The number of aliphatic hydroxyl groups is 2. The highest BCUT2D eigenvalue weighted by atomic mass is 16.5. The van der Waals surface area contributed by atoms with Crippen LogP contribution in [0.5, 0.6) is 0 Å². The van der Waals surface area contributed by atoms with Crippen molar-refractivity contribution in [1.82, 2.24) is 4.98 Å². The Morgan fingerprint density at radius 1 is 1.21 bits per heavy atom. The summed E-state index contributed by atoms with van der Waals surface area (Å²) in [7, 11) is 0. The lowest BCUT2D eigenvalue weighted by atomic mass is 9.73. The van der Waals surface area contributed by atoms with Crippen LogP contribution in [0.15, 0.2) is 42.3 Å². The van der Waals surface area contributed by atoms with Gasteiger partial charge < -0.3 is 14.9 Å². The van der Waals surface area contributed by atoms with Gasteiger partial charge in [-0.05, 0) is 49.8 Å². The number of aromatic nitrogens is 1. The quantitative estimate of drug-likeness (QED) is 0.501. The molecule has 5 atom stereocenters. The molecular weight excluding hydrogens is 418 g/mol. The maximum Gasteiger partial charge on any atom is 0.309 e. The fraction of sp³-hybridized carbons (Fsp3) is 0.593. The minimum Gasteiger partial charge on any atom is -0.458 e. The molecule has 0 spiro atoms. The molecule has 6 nitrogen and oxygen atoms in total. The minimum atomic E-state index is -1.21. The third kappa shape index (κ3) is 7.90. The first-order valence-corrected chi connectivity index (χ1v) is 11.9. The number of rotatable bonds is 2. The monoisotopic (exact) mass is 457 g/mol.